The molecule has 2 N–H and O–H groups in total. The van der Waals surface area contributed by atoms with Crippen LogP contribution in [0.1, 0.15) is 36.8 Å². The molecule has 0 unspecified atom stereocenters. The second-order valence-corrected chi connectivity index (χ2v) is 11.2. The Morgan fingerprint density at radius 3 is 1.50 bits per heavy atom. The summed E-state index contributed by atoms with van der Waals surface area (Å²) in [7, 11) is 0. The number of fused-ring (bicyclic) bond motifs is 2. The highest BCUT2D eigenvalue weighted by molar-refractivity contribution is 5.89. The van der Waals surface area contributed by atoms with E-state index in [2.05, 4.69) is 117 Å². The molecule has 1 saturated carbocycles. The summed E-state index contributed by atoms with van der Waals surface area (Å²) in [5.41, 5.74) is 7.71. The van der Waals surface area contributed by atoms with Gasteiger partial charge in [-0.15, -0.1) is 0 Å². The van der Waals surface area contributed by atoms with E-state index in [1.54, 1.807) is 0 Å². The summed E-state index contributed by atoms with van der Waals surface area (Å²) < 4.78 is 4.77. The van der Waals surface area contributed by atoms with Crippen molar-refractivity contribution in [2.45, 2.75) is 38.8 Å². The summed E-state index contributed by atoms with van der Waals surface area (Å²) in [5, 5.41) is 10.3. The van der Waals surface area contributed by atoms with E-state index >= 15 is 0 Å². The predicted molar refractivity (Wildman–Crippen MR) is 155 cm³/mol. The summed E-state index contributed by atoms with van der Waals surface area (Å²) in [5.74, 6) is 1.48. The summed E-state index contributed by atoms with van der Waals surface area (Å²) >= 11 is 0. The van der Waals surface area contributed by atoms with Crippen LogP contribution in [0, 0.1) is 11.8 Å². The van der Waals surface area contributed by atoms with Gasteiger partial charge in [-0.25, -0.2) is 0 Å². The fourth-order valence-electron chi connectivity index (χ4n) is 6.53. The van der Waals surface area contributed by atoms with Crippen LogP contribution < -0.4 is 19.8 Å². The second kappa shape index (κ2) is 10.1. The molecule has 8 bridgehead atoms. The van der Waals surface area contributed by atoms with Crippen molar-refractivity contribution in [1.29, 1.82) is 0 Å². The van der Waals surface area contributed by atoms with E-state index in [0.29, 0.717) is 0 Å². The van der Waals surface area contributed by atoms with Crippen LogP contribution in [0.2, 0.25) is 0 Å². The highest BCUT2D eigenvalue weighted by Crippen LogP contribution is 2.31. The van der Waals surface area contributed by atoms with Gasteiger partial charge in [0.15, 0.2) is 25.5 Å². The first-order valence-corrected chi connectivity index (χ1v) is 14.2. The molecule has 190 valence electrons. The minimum atomic E-state index is 0.741. The molecule has 2 aromatic heterocycles. The van der Waals surface area contributed by atoms with Gasteiger partial charge in [-0.1, -0.05) is 42.5 Å². The molecular formula is C34H36N4+2. The van der Waals surface area contributed by atoms with Gasteiger partial charge in [-0.3, -0.25) is 0 Å². The van der Waals surface area contributed by atoms with Crippen molar-refractivity contribution in [2.75, 3.05) is 23.7 Å². The fourth-order valence-corrected chi connectivity index (χ4v) is 6.53. The van der Waals surface area contributed by atoms with Gasteiger partial charge in [-0.05, 0) is 55.7 Å². The number of aromatic nitrogens is 2. The van der Waals surface area contributed by atoms with Gasteiger partial charge in [0, 0.05) is 48.5 Å². The Morgan fingerprint density at radius 1 is 0.526 bits per heavy atom. The molecule has 4 heteroatoms. The Hall–Kier alpha value is -3.92. The number of nitrogens with one attached hydrogen (secondary N) is 2. The van der Waals surface area contributed by atoms with Gasteiger partial charge < -0.3 is 10.6 Å². The summed E-state index contributed by atoms with van der Waals surface area (Å²) in [6.07, 6.45) is 9.71. The van der Waals surface area contributed by atoms with Crippen molar-refractivity contribution in [3.05, 3.63) is 108 Å². The average molecular weight is 501 g/mol. The number of nitrogens with zero attached hydrogens (tertiary/aromatic N) is 2. The Bertz CT molecular complexity index is 1480. The van der Waals surface area contributed by atoms with E-state index in [0.717, 1.165) is 38.0 Å². The van der Waals surface area contributed by atoms with Crippen LogP contribution in [0.4, 0.5) is 11.4 Å². The number of hydrogen-bond donors (Lipinski definition) is 2. The van der Waals surface area contributed by atoms with E-state index in [9.17, 15) is 0 Å². The molecule has 5 aromatic rings. The summed E-state index contributed by atoms with van der Waals surface area (Å²) in [6, 6.07) is 31.2. The smallest absolute Gasteiger partial charge is 0.214 e. The number of para-hydroxylation sites is 2. The quantitative estimate of drug-likeness (QED) is 0.244. The SMILES string of the molecule is c1cc2cc(c1)C[n+]1ccc(c3ccccc31)NCC1CCC(CC1)CNc1cc[n+](c3ccccc13)C2. The van der Waals surface area contributed by atoms with Crippen LogP contribution in [0.15, 0.2) is 97.3 Å². The molecule has 0 atom stereocenters. The van der Waals surface area contributed by atoms with Gasteiger partial charge >= 0.3 is 0 Å². The van der Waals surface area contributed by atoms with Crippen molar-refractivity contribution in [3.8, 4) is 0 Å². The first kappa shape index (κ1) is 23.2. The lowest BCUT2D eigenvalue weighted by Gasteiger charge is -2.29. The predicted octanol–water partition coefficient (Wildman–Crippen LogP) is 6.31. The van der Waals surface area contributed by atoms with Gasteiger partial charge in [0.1, 0.15) is 0 Å². The third-order valence-electron chi connectivity index (χ3n) is 8.68. The molecule has 1 fully saturated rings. The van der Waals surface area contributed by atoms with Crippen molar-refractivity contribution in [3.63, 3.8) is 0 Å². The van der Waals surface area contributed by atoms with Crippen LogP contribution in [0.25, 0.3) is 21.8 Å². The zero-order valence-corrected chi connectivity index (χ0v) is 21.9. The molecule has 0 amide bonds. The van der Waals surface area contributed by atoms with Gasteiger partial charge in [0.2, 0.25) is 11.0 Å². The van der Waals surface area contributed by atoms with E-state index in [1.165, 1.54) is 70.0 Å². The zero-order valence-electron chi connectivity index (χ0n) is 21.9. The lowest BCUT2D eigenvalue weighted by molar-refractivity contribution is -0.663. The van der Waals surface area contributed by atoms with Gasteiger partial charge in [0.25, 0.3) is 0 Å². The van der Waals surface area contributed by atoms with E-state index < -0.39 is 0 Å². The normalized spacial score (nSPS) is 19.7. The molecule has 4 nitrogen and oxygen atoms in total. The molecule has 3 aliphatic heterocycles. The highest BCUT2D eigenvalue weighted by atomic mass is 15.0. The molecule has 3 aromatic carbocycles. The maximum absolute atomic E-state index is 3.83. The number of rotatable bonds is 0. The number of anilines is 2. The topological polar surface area (TPSA) is 31.8 Å². The molecule has 9 rings (SSSR count). The third-order valence-corrected chi connectivity index (χ3v) is 8.68. The fraction of sp³-hybridized carbons (Fsp3) is 0.294. The van der Waals surface area contributed by atoms with Crippen LogP contribution in [0.5, 0.6) is 0 Å². The monoisotopic (exact) mass is 500 g/mol. The first-order chi connectivity index (χ1) is 18.8. The van der Waals surface area contributed by atoms with Crippen LogP contribution >= 0.6 is 0 Å². The molecule has 4 aliphatic rings. The van der Waals surface area contributed by atoms with E-state index in [-0.39, 0.29) is 0 Å². The van der Waals surface area contributed by atoms with Crippen LogP contribution in [-0.2, 0) is 13.1 Å². The molecular weight excluding hydrogens is 464 g/mol. The maximum atomic E-state index is 3.83. The second-order valence-electron chi connectivity index (χ2n) is 11.2. The zero-order chi connectivity index (χ0) is 25.3. The van der Waals surface area contributed by atoms with Crippen molar-refractivity contribution in [2.24, 2.45) is 11.8 Å². The molecule has 0 spiro atoms. The third kappa shape index (κ3) is 4.60. The van der Waals surface area contributed by atoms with Crippen molar-refractivity contribution >= 4 is 33.2 Å². The van der Waals surface area contributed by atoms with Crippen LogP contribution in [-0.4, -0.2) is 13.1 Å². The lowest BCUT2D eigenvalue weighted by atomic mass is 9.82. The molecule has 38 heavy (non-hydrogen) atoms. The van der Waals surface area contributed by atoms with Crippen molar-refractivity contribution in [1.82, 2.24) is 0 Å². The standard InChI is InChI=1S/C34H34N4/c1-3-10-33-29(8-1)31-16-18-37(33)23-27-6-5-7-28(20-27)24-38-19-17-32(30-9-2-4-11-34(30)38)36-22-26-14-12-25(13-15-26)21-35-31/h1-11,16-20,25-26H,12-15,21-24H2/p+2. The summed E-state index contributed by atoms with van der Waals surface area (Å²) in [6.45, 7) is 3.82. The Labute approximate surface area is 225 Å². The number of benzene rings is 3. The molecule has 0 radical (unpaired) electrons. The number of pyridine rings is 2. The van der Waals surface area contributed by atoms with E-state index in [4.69, 9.17) is 0 Å². The minimum absolute atomic E-state index is 0.741. The molecule has 5 heterocycles. The Balaban J connectivity index is 1.30. The summed E-state index contributed by atoms with van der Waals surface area (Å²) in [4.78, 5) is 0. The first-order valence-electron chi connectivity index (χ1n) is 14.2. The Kier molecular flexibility index (Phi) is 6.17. The van der Waals surface area contributed by atoms with Gasteiger partial charge in [0.05, 0.1) is 22.1 Å². The average Bonchev–Trinajstić information content (AvgIpc) is 2.97. The Morgan fingerprint density at radius 2 is 1.00 bits per heavy atom. The maximum Gasteiger partial charge on any atom is 0.214 e. The lowest BCUT2D eigenvalue weighted by Crippen LogP contribution is -2.36. The molecule has 1 aliphatic carbocycles. The largest absolute Gasteiger partial charge is 0.384 e. The van der Waals surface area contributed by atoms with Crippen LogP contribution in [0.3, 0.4) is 0 Å². The highest BCUT2D eigenvalue weighted by Gasteiger charge is 2.23. The van der Waals surface area contributed by atoms with Gasteiger partial charge in [-0.2, -0.15) is 9.13 Å². The van der Waals surface area contributed by atoms with E-state index in [1.807, 2.05) is 0 Å². The molecule has 0 saturated heterocycles. The minimum Gasteiger partial charge on any atom is -0.384 e. The van der Waals surface area contributed by atoms with Crippen molar-refractivity contribution < 1.29 is 9.13 Å². The number of hydrogen-bond acceptors (Lipinski definition) is 2.